The van der Waals surface area contributed by atoms with E-state index in [0.717, 1.165) is 6.08 Å². The van der Waals surface area contributed by atoms with Crippen molar-refractivity contribution in [1.29, 1.82) is 0 Å². The molecule has 12 nitrogen and oxygen atoms in total. The van der Waals surface area contributed by atoms with E-state index in [0.29, 0.717) is 34.6 Å². The predicted octanol–water partition coefficient (Wildman–Crippen LogP) is 3.23. The molecule has 1 aromatic carbocycles. The van der Waals surface area contributed by atoms with Crippen molar-refractivity contribution in [3.8, 4) is 11.5 Å². The van der Waals surface area contributed by atoms with Gasteiger partial charge in [0.2, 0.25) is 12.3 Å². The zero-order chi connectivity index (χ0) is 25.7. The summed E-state index contributed by atoms with van der Waals surface area (Å²) in [6.07, 6.45) is 2.78. The van der Waals surface area contributed by atoms with Gasteiger partial charge in [0.1, 0.15) is 45.2 Å². The van der Waals surface area contributed by atoms with Crippen LogP contribution in [0.5, 0.6) is 11.5 Å². The highest BCUT2D eigenvalue weighted by Gasteiger charge is 2.22. The molecule has 0 aliphatic carbocycles. The van der Waals surface area contributed by atoms with Gasteiger partial charge in [-0.3, -0.25) is 9.48 Å². The first-order valence-electron chi connectivity index (χ1n) is 10.0. The number of aryl methyl sites for hydroxylation is 1. The fourth-order valence-electron chi connectivity index (χ4n) is 2.95. The molecule has 35 heavy (non-hydrogen) atoms. The van der Waals surface area contributed by atoms with Crippen molar-refractivity contribution in [3.05, 3.63) is 47.4 Å². The number of carbonyl (C=O) groups is 1. The van der Waals surface area contributed by atoms with Gasteiger partial charge in [0.25, 0.3) is 0 Å². The number of benzene rings is 1. The number of hydrogen-bond donors (Lipinski definition) is 4. The average molecular weight is 523 g/mol. The van der Waals surface area contributed by atoms with E-state index >= 15 is 0 Å². The summed E-state index contributed by atoms with van der Waals surface area (Å²) >= 11 is 12.8. The van der Waals surface area contributed by atoms with E-state index in [4.69, 9.17) is 32.7 Å². The Balaban J connectivity index is 1.82. The fraction of sp³-hybridized carbons (Fsp3) is 0.238. The van der Waals surface area contributed by atoms with Gasteiger partial charge in [-0.2, -0.15) is 5.10 Å². The Morgan fingerprint density at radius 3 is 2.49 bits per heavy atom. The molecule has 0 saturated carbocycles. The monoisotopic (exact) mass is 522 g/mol. The first-order valence-corrected chi connectivity index (χ1v) is 10.8. The van der Waals surface area contributed by atoms with Crippen molar-refractivity contribution < 1.29 is 19.4 Å². The van der Waals surface area contributed by atoms with Crippen LogP contribution in [0.15, 0.2) is 37.3 Å². The number of halogens is 2. The minimum atomic E-state index is -1.30. The van der Waals surface area contributed by atoms with E-state index in [1.165, 1.54) is 36.2 Å². The number of nitrogens with one attached hydrogen (secondary N) is 3. The lowest BCUT2D eigenvalue weighted by atomic mass is 10.2. The van der Waals surface area contributed by atoms with Crippen LogP contribution in [-0.4, -0.2) is 58.4 Å². The van der Waals surface area contributed by atoms with E-state index in [-0.39, 0.29) is 21.6 Å². The molecule has 1 amide bonds. The zero-order valence-corrected chi connectivity index (χ0v) is 20.8. The van der Waals surface area contributed by atoms with Crippen molar-refractivity contribution in [2.45, 2.75) is 6.35 Å². The van der Waals surface area contributed by atoms with Crippen LogP contribution < -0.4 is 30.3 Å². The van der Waals surface area contributed by atoms with Crippen LogP contribution in [0.2, 0.25) is 10.0 Å². The molecule has 4 N–H and O–H groups in total. The number of anilines is 5. The summed E-state index contributed by atoms with van der Waals surface area (Å²) in [5.41, 5.74) is 0.649. The standard InChI is InChI=1S/C21H24Cl2N8O4/c1-6-16(32)26-11-9-30(2)29-20(11)27-14-8-15(25-10-24-14)31(3)21(33)28-19-17(22)12(34-4)7-13(35-5)18(19)23/h6-10,21,28,33H,1H2,2-5H3,(H,26,32)(H,24,25,27,29). The number of aliphatic hydroxyl groups excluding tert-OH is 1. The van der Waals surface area contributed by atoms with Crippen molar-refractivity contribution in [2.24, 2.45) is 7.05 Å². The second-order valence-electron chi connectivity index (χ2n) is 7.06. The van der Waals surface area contributed by atoms with Gasteiger partial charge >= 0.3 is 0 Å². The van der Waals surface area contributed by atoms with Crippen LogP contribution in [0.1, 0.15) is 0 Å². The smallest absolute Gasteiger partial charge is 0.247 e. The van der Waals surface area contributed by atoms with E-state index in [1.54, 1.807) is 26.4 Å². The number of ether oxygens (including phenoxy) is 2. The summed E-state index contributed by atoms with van der Waals surface area (Å²) in [7, 11) is 6.21. The highest BCUT2D eigenvalue weighted by atomic mass is 35.5. The van der Waals surface area contributed by atoms with Gasteiger partial charge in [0.15, 0.2) is 5.82 Å². The van der Waals surface area contributed by atoms with Gasteiger partial charge in [-0.25, -0.2) is 9.97 Å². The van der Waals surface area contributed by atoms with Gasteiger partial charge in [-0.15, -0.1) is 0 Å². The highest BCUT2D eigenvalue weighted by Crippen LogP contribution is 2.44. The number of amides is 1. The molecule has 3 rings (SSSR count). The first kappa shape index (κ1) is 25.9. The van der Waals surface area contributed by atoms with E-state index in [2.05, 4.69) is 37.6 Å². The van der Waals surface area contributed by atoms with Crippen LogP contribution in [0.3, 0.4) is 0 Å². The molecule has 0 saturated heterocycles. The maximum atomic E-state index is 11.7. The molecular formula is C21H24Cl2N8O4. The number of carbonyl (C=O) groups excluding carboxylic acids is 1. The largest absolute Gasteiger partial charge is 0.495 e. The molecule has 186 valence electrons. The normalized spacial score (nSPS) is 11.4. The van der Waals surface area contributed by atoms with E-state index in [1.807, 2.05) is 0 Å². The Hall–Kier alpha value is -3.74. The van der Waals surface area contributed by atoms with Crippen molar-refractivity contribution >= 4 is 57.9 Å². The third-order valence-electron chi connectivity index (χ3n) is 4.75. The molecule has 0 radical (unpaired) electrons. The van der Waals surface area contributed by atoms with Crippen LogP contribution in [0, 0.1) is 0 Å². The number of rotatable bonds is 10. The van der Waals surface area contributed by atoms with Gasteiger partial charge in [-0.1, -0.05) is 29.8 Å². The quantitative estimate of drug-likeness (QED) is 0.231. The number of aliphatic hydroxyl groups is 1. The molecular weight excluding hydrogens is 499 g/mol. The number of aromatic nitrogens is 4. The molecule has 1 atom stereocenters. The molecule has 0 aliphatic heterocycles. The van der Waals surface area contributed by atoms with E-state index < -0.39 is 6.35 Å². The molecule has 2 heterocycles. The third kappa shape index (κ3) is 5.85. The Morgan fingerprint density at radius 1 is 1.23 bits per heavy atom. The summed E-state index contributed by atoms with van der Waals surface area (Å²) < 4.78 is 12.0. The molecule has 1 unspecified atom stereocenters. The predicted molar refractivity (Wildman–Crippen MR) is 135 cm³/mol. The molecule has 2 aromatic heterocycles. The molecule has 0 spiro atoms. The summed E-state index contributed by atoms with van der Waals surface area (Å²) in [6.45, 7) is 3.44. The topological polar surface area (TPSA) is 139 Å². The highest BCUT2D eigenvalue weighted by molar-refractivity contribution is 6.41. The average Bonchev–Trinajstić information content (AvgIpc) is 3.19. The third-order valence-corrected chi connectivity index (χ3v) is 5.50. The SMILES string of the molecule is C=CC(=O)Nc1cn(C)nc1Nc1cc(N(C)C(O)Nc2c(Cl)c(OC)cc(OC)c2Cl)ncn1. The van der Waals surface area contributed by atoms with Crippen molar-refractivity contribution in [1.82, 2.24) is 19.7 Å². The fourth-order valence-corrected chi connectivity index (χ4v) is 3.56. The van der Waals surface area contributed by atoms with Crippen LogP contribution in [0.25, 0.3) is 0 Å². The Kier molecular flexibility index (Phi) is 8.22. The van der Waals surface area contributed by atoms with Crippen molar-refractivity contribution in [3.63, 3.8) is 0 Å². The number of nitrogens with zero attached hydrogens (tertiary/aromatic N) is 5. The molecule has 0 aliphatic rings. The number of hydrogen-bond acceptors (Lipinski definition) is 10. The first-order chi connectivity index (χ1) is 16.7. The number of methoxy groups -OCH3 is 2. The van der Waals surface area contributed by atoms with Gasteiger partial charge in [0.05, 0.1) is 26.1 Å². The second-order valence-corrected chi connectivity index (χ2v) is 7.81. The maximum absolute atomic E-state index is 11.7. The lowest BCUT2D eigenvalue weighted by Crippen LogP contribution is -2.38. The summed E-state index contributed by atoms with van der Waals surface area (Å²) in [5.74, 6) is 1.31. The van der Waals surface area contributed by atoms with Gasteiger partial charge in [0, 0.05) is 26.2 Å². The minimum absolute atomic E-state index is 0.167. The Morgan fingerprint density at radius 2 is 1.89 bits per heavy atom. The lowest BCUT2D eigenvalue weighted by Gasteiger charge is -2.27. The summed E-state index contributed by atoms with van der Waals surface area (Å²) in [6, 6.07) is 3.12. The Labute approximate surface area is 211 Å². The van der Waals surface area contributed by atoms with Crippen LogP contribution in [-0.2, 0) is 11.8 Å². The second kappa shape index (κ2) is 11.1. The lowest BCUT2D eigenvalue weighted by molar-refractivity contribution is -0.111. The maximum Gasteiger partial charge on any atom is 0.247 e. The van der Waals surface area contributed by atoms with Gasteiger partial charge < -0.3 is 35.4 Å². The van der Waals surface area contributed by atoms with Gasteiger partial charge in [-0.05, 0) is 6.08 Å². The summed E-state index contributed by atoms with van der Waals surface area (Å²) in [5, 5.41) is 23.9. The summed E-state index contributed by atoms with van der Waals surface area (Å²) in [4.78, 5) is 21.5. The Bertz CT molecular complexity index is 1210. The van der Waals surface area contributed by atoms with Crippen LogP contribution >= 0.6 is 23.2 Å². The minimum Gasteiger partial charge on any atom is -0.495 e. The molecule has 0 bridgehead atoms. The molecule has 3 aromatic rings. The van der Waals surface area contributed by atoms with E-state index in [9.17, 15) is 9.90 Å². The van der Waals surface area contributed by atoms with Crippen molar-refractivity contribution in [2.75, 3.05) is 42.1 Å². The molecule has 14 heteroatoms. The molecule has 0 fully saturated rings. The zero-order valence-electron chi connectivity index (χ0n) is 19.3. The van der Waals surface area contributed by atoms with Crippen LogP contribution in [0.4, 0.5) is 28.8 Å².